The molecule has 1 N–H and O–H groups in total. The van der Waals surface area contributed by atoms with Crippen LogP contribution in [0, 0.1) is 0 Å². The van der Waals surface area contributed by atoms with Crippen molar-refractivity contribution < 1.29 is 13.9 Å². The molecule has 6 nitrogen and oxygen atoms in total. The number of rotatable bonds is 6. The summed E-state index contributed by atoms with van der Waals surface area (Å²) < 4.78 is 11.9. The lowest BCUT2D eigenvalue weighted by Gasteiger charge is -2.35. The van der Waals surface area contributed by atoms with Crippen molar-refractivity contribution in [1.82, 2.24) is 10.3 Å². The summed E-state index contributed by atoms with van der Waals surface area (Å²) >= 11 is 0. The second kappa shape index (κ2) is 7.92. The molecule has 1 aliphatic rings. The van der Waals surface area contributed by atoms with Gasteiger partial charge in [0.1, 0.15) is 11.3 Å². The molecule has 6 heteroatoms. The van der Waals surface area contributed by atoms with Crippen LogP contribution in [-0.2, 0) is 11.3 Å². The number of nitrogens with one attached hydrogen (secondary N) is 1. The van der Waals surface area contributed by atoms with Gasteiger partial charge in [-0.1, -0.05) is 38.1 Å². The zero-order valence-electron chi connectivity index (χ0n) is 16.2. The van der Waals surface area contributed by atoms with Crippen molar-refractivity contribution >= 4 is 22.7 Å². The van der Waals surface area contributed by atoms with Gasteiger partial charge in [-0.15, -0.1) is 0 Å². The number of ether oxygens (including phenoxy) is 1. The number of hydrogen-bond acceptors (Lipinski definition) is 5. The molecule has 1 amide bonds. The molecule has 2 aromatic carbocycles. The van der Waals surface area contributed by atoms with Crippen molar-refractivity contribution in [3.05, 3.63) is 54.4 Å². The van der Waals surface area contributed by atoms with Gasteiger partial charge in [0.25, 0.3) is 5.91 Å². The third-order valence-corrected chi connectivity index (χ3v) is 5.15. The number of fused-ring (bicyclic) bond motifs is 2. The minimum Gasteiger partial charge on any atom is -0.477 e. The van der Waals surface area contributed by atoms with E-state index >= 15 is 0 Å². The van der Waals surface area contributed by atoms with Gasteiger partial charge < -0.3 is 19.4 Å². The lowest BCUT2D eigenvalue weighted by Crippen LogP contribution is -2.51. The molecule has 0 saturated heterocycles. The number of anilines is 1. The summed E-state index contributed by atoms with van der Waals surface area (Å²) in [6, 6.07) is 15.6. The Bertz CT molecular complexity index is 931. The van der Waals surface area contributed by atoms with E-state index < -0.39 is 6.10 Å². The van der Waals surface area contributed by atoms with Crippen LogP contribution in [0.5, 0.6) is 5.75 Å². The van der Waals surface area contributed by atoms with E-state index in [0.29, 0.717) is 24.7 Å². The molecule has 0 fully saturated rings. The highest BCUT2D eigenvalue weighted by Gasteiger charge is 2.32. The predicted octanol–water partition coefficient (Wildman–Crippen LogP) is 3.90. The molecule has 2 heterocycles. The van der Waals surface area contributed by atoms with E-state index in [9.17, 15) is 4.79 Å². The number of carbonyl (C=O) groups excluding carboxylic acids is 1. The lowest BCUT2D eigenvalue weighted by molar-refractivity contribution is -0.128. The van der Waals surface area contributed by atoms with Crippen LogP contribution in [0.25, 0.3) is 11.1 Å². The summed E-state index contributed by atoms with van der Waals surface area (Å²) in [6.45, 7) is 5.07. The standard InChI is InChI=1S/C22H25N3O3/c1-3-15(4-2)23-22(26)20-13-25(17-10-6-8-12-19(17)27-20)14-21-24-16-9-5-7-11-18(16)28-21/h5-12,15,20H,3-4,13-14H2,1-2H3,(H,23,26). The maximum absolute atomic E-state index is 12.8. The van der Waals surface area contributed by atoms with Crippen LogP contribution < -0.4 is 15.0 Å². The van der Waals surface area contributed by atoms with Crippen molar-refractivity contribution in [3.63, 3.8) is 0 Å². The molecule has 1 atom stereocenters. The Kier molecular flexibility index (Phi) is 5.19. The van der Waals surface area contributed by atoms with Gasteiger partial charge in [0.05, 0.1) is 18.8 Å². The van der Waals surface area contributed by atoms with Gasteiger partial charge in [-0.25, -0.2) is 4.98 Å². The quantitative estimate of drug-likeness (QED) is 0.704. The van der Waals surface area contributed by atoms with Gasteiger partial charge >= 0.3 is 0 Å². The number of amides is 1. The molecule has 0 spiro atoms. The summed E-state index contributed by atoms with van der Waals surface area (Å²) in [5, 5.41) is 3.09. The first-order chi connectivity index (χ1) is 13.7. The molecule has 28 heavy (non-hydrogen) atoms. The van der Waals surface area contributed by atoms with E-state index in [-0.39, 0.29) is 11.9 Å². The molecule has 0 saturated carbocycles. The molecular weight excluding hydrogens is 354 g/mol. The van der Waals surface area contributed by atoms with Crippen molar-refractivity contribution in [2.75, 3.05) is 11.4 Å². The number of para-hydroxylation sites is 4. The zero-order valence-corrected chi connectivity index (χ0v) is 16.2. The summed E-state index contributed by atoms with van der Waals surface area (Å²) in [5.74, 6) is 1.25. The van der Waals surface area contributed by atoms with Gasteiger partial charge in [0.2, 0.25) is 5.89 Å². The molecule has 146 valence electrons. The average molecular weight is 379 g/mol. The Morgan fingerprint density at radius 2 is 1.93 bits per heavy atom. The Morgan fingerprint density at radius 3 is 2.71 bits per heavy atom. The number of carbonyl (C=O) groups is 1. The fourth-order valence-electron chi connectivity index (χ4n) is 3.53. The summed E-state index contributed by atoms with van der Waals surface area (Å²) in [5.41, 5.74) is 2.54. The Labute approximate surface area is 164 Å². The highest BCUT2D eigenvalue weighted by atomic mass is 16.5. The van der Waals surface area contributed by atoms with Crippen molar-refractivity contribution in [1.29, 1.82) is 0 Å². The van der Waals surface area contributed by atoms with Gasteiger partial charge in [0, 0.05) is 6.04 Å². The first kappa shape index (κ1) is 18.3. The van der Waals surface area contributed by atoms with Crippen LogP contribution >= 0.6 is 0 Å². The van der Waals surface area contributed by atoms with Gasteiger partial charge in [-0.3, -0.25) is 4.79 Å². The van der Waals surface area contributed by atoms with Gasteiger partial charge in [-0.05, 0) is 37.1 Å². The van der Waals surface area contributed by atoms with Crippen LogP contribution in [0.2, 0.25) is 0 Å². The molecular formula is C22H25N3O3. The Balaban J connectivity index is 1.57. The average Bonchev–Trinajstić information content (AvgIpc) is 3.14. The minimum absolute atomic E-state index is 0.0780. The molecule has 0 aliphatic carbocycles. The van der Waals surface area contributed by atoms with E-state index in [2.05, 4.69) is 29.0 Å². The number of nitrogens with zero attached hydrogens (tertiary/aromatic N) is 2. The van der Waals surface area contributed by atoms with E-state index in [4.69, 9.17) is 9.15 Å². The highest BCUT2D eigenvalue weighted by Crippen LogP contribution is 2.34. The molecule has 0 bridgehead atoms. The summed E-state index contributed by atoms with van der Waals surface area (Å²) in [6.07, 6.45) is 1.23. The fourth-order valence-corrected chi connectivity index (χ4v) is 3.53. The van der Waals surface area contributed by atoms with Gasteiger partial charge in [0.15, 0.2) is 11.7 Å². The zero-order chi connectivity index (χ0) is 19.5. The summed E-state index contributed by atoms with van der Waals surface area (Å²) in [4.78, 5) is 19.4. The SMILES string of the molecule is CCC(CC)NC(=O)C1CN(Cc2nc3ccccc3o2)c2ccccc2O1. The Hall–Kier alpha value is -3.02. The largest absolute Gasteiger partial charge is 0.477 e. The molecule has 1 aromatic heterocycles. The summed E-state index contributed by atoms with van der Waals surface area (Å²) in [7, 11) is 0. The van der Waals surface area contributed by atoms with E-state index in [1.807, 2.05) is 48.5 Å². The number of hydrogen-bond donors (Lipinski definition) is 1. The maximum atomic E-state index is 12.8. The Morgan fingerprint density at radius 1 is 1.18 bits per heavy atom. The monoisotopic (exact) mass is 379 g/mol. The lowest BCUT2D eigenvalue weighted by atomic mass is 10.1. The van der Waals surface area contributed by atoms with Crippen molar-refractivity contribution in [2.45, 2.75) is 45.4 Å². The topological polar surface area (TPSA) is 67.6 Å². The van der Waals surface area contributed by atoms with Crippen LogP contribution in [0.15, 0.2) is 52.9 Å². The van der Waals surface area contributed by atoms with E-state index in [1.165, 1.54) is 0 Å². The van der Waals surface area contributed by atoms with Gasteiger partial charge in [-0.2, -0.15) is 0 Å². The van der Waals surface area contributed by atoms with E-state index in [1.54, 1.807) is 0 Å². The number of aromatic nitrogens is 1. The van der Waals surface area contributed by atoms with E-state index in [0.717, 1.165) is 29.6 Å². The molecule has 1 unspecified atom stereocenters. The van der Waals surface area contributed by atoms with Crippen LogP contribution in [0.3, 0.4) is 0 Å². The first-order valence-electron chi connectivity index (χ1n) is 9.83. The fraction of sp³-hybridized carbons (Fsp3) is 0.364. The molecule has 4 rings (SSSR count). The first-order valence-corrected chi connectivity index (χ1v) is 9.83. The van der Waals surface area contributed by atoms with Crippen LogP contribution in [0.1, 0.15) is 32.6 Å². The smallest absolute Gasteiger partial charge is 0.263 e. The van der Waals surface area contributed by atoms with Crippen LogP contribution in [0.4, 0.5) is 5.69 Å². The molecule has 0 radical (unpaired) electrons. The van der Waals surface area contributed by atoms with Crippen molar-refractivity contribution in [2.24, 2.45) is 0 Å². The third kappa shape index (κ3) is 3.67. The maximum Gasteiger partial charge on any atom is 0.263 e. The molecule has 1 aliphatic heterocycles. The molecule has 3 aromatic rings. The number of oxazole rings is 1. The second-order valence-electron chi connectivity index (χ2n) is 7.05. The predicted molar refractivity (Wildman–Crippen MR) is 108 cm³/mol. The highest BCUT2D eigenvalue weighted by molar-refractivity contribution is 5.83. The normalized spacial score (nSPS) is 16.1. The number of benzene rings is 2. The third-order valence-electron chi connectivity index (χ3n) is 5.15. The second-order valence-corrected chi connectivity index (χ2v) is 7.05. The van der Waals surface area contributed by atoms with Crippen LogP contribution in [-0.4, -0.2) is 29.6 Å². The minimum atomic E-state index is -0.570. The van der Waals surface area contributed by atoms with Crippen molar-refractivity contribution in [3.8, 4) is 5.75 Å².